The highest BCUT2D eigenvalue weighted by Crippen LogP contribution is 2.30. The minimum atomic E-state index is -0.687. The van der Waals surface area contributed by atoms with Gasteiger partial charge in [-0.1, -0.05) is 26.0 Å². The molecule has 0 radical (unpaired) electrons. The molecular weight excluding hydrogens is 296 g/mol. The molecule has 0 bridgehead atoms. The molecule has 0 aromatic heterocycles. The summed E-state index contributed by atoms with van der Waals surface area (Å²) in [6, 6.07) is 0. The van der Waals surface area contributed by atoms with Gasteiger partial charge in [0.1, 0.15) is 0 Å². The van der Waals surface area contributed by atoms with E-state index in [-0.39, 0.29) is 29.5 Å². The van der Waals surface area contributed by atoms with Crippen LogP contribution in [0.15, 0.2) is 23.7 Å². The third kappa shape index (κ3) is 5.34. The first-order valence-corrected chi connectivity index (χ1v) is 7.90. The third-order valence-corrected chi connectivity index (χ3v) is 4.04. The highest BCUT2D eigenvalue weighted by Gasteiger charge is 2.34. The molecule has 0 aromatic carbocycles. The molecule has 0 amide bonds. The van der Waals surface area contributed by atoms with Crippen LogP contribution in [0.2, 0.25) is 0 Å². The van der Waals surface area contributed by atoms with E-state index in [0.29, 0.717) is 18.3 Å². The van der Waals surface area contributed by atoms with Crippen LogP contribution in [-0.2, 0) is 23.9 Å². The van der Waals surface area contributed by atoms with Crippen LogP contribution in [0.3, 0.4) is 0 Å². The van der Waals surface area contributed by atoms with Gasteiger partial charge in [0.2, 0.25) is 0 Å². The molecule has 128 valence electrons. The fraction of sp³-hybridized carbons (Fsp3) is 0.611. The summed E-state index contributed by atoms with van der Waals surface area (Å²) in [5, 5.41) is 0. The minimum Gasteiger partial charge on any atom is -0.453 e. The quantitative estimate of drug-likeness (QED) is 0.531. The number of rotatable bonds is 7. The van der Waals surface area contributed by atoms with Crippen molar-refractivity contribution in [3.8, 4) is 0 Å². The van der Waals surface area contributed by atoms with Crippen molar-refractivity contribution in [3.63, 3.8) is 0 Å². The fourth-order valence-corrected chi connectivity index (χ4v) is 2.81. The van der Waals surface area contributed by atoms with Crippen molar-refractivity contribution in [1.29, 1.82) is 0 Å². The molecule has 0 aromatic rings. The standard InChI is InChI=1S/C18H26O5/c1-10(2)14(11(3)4)7-8-17-16(21)9-15(12(5)19)18(23-17)22-13(6)20/h11,14,17H,1,7-9H2,2-6H3. The van der Waals surface area contributed by atoms with E-state index >= 15 is 0 Å². The first-order chi connectivity index (χ1) is 10.6. The zero-order valence-corrected chi connectivity index (χ0v) is 14.6. The molecule has 0 aliphatic carbocycles. The molecule has 5 heteroatoms. The molecule has 1 heterocycles. The summed E-state index contributed by atoms with van der Waals surface area (Å²) in [6.45, 7) is 12.8. The van der Waals surface area contributed by atoms with Crippen molar-refractivity contribution in [2.24, 2.45) is 11.8 Å². The number of ketones is 2. The largest absolute Gasteiger partial charge is 0.453 e. The topological polar surface area (TPSA) is 69.7 Å². The smallest absolute Gasteiger partial charge is 0.310 e. The number of hydrogen-bond acceptors (Lipinski definition) is 5. The summed E-state index contributed by atoms with van der Waals surface area (Å²) in [5.41, 5.74) is 1.20. The third-order valence-electron chi connectivity index (χ3n) is 4.04. The van der Waals surface area contributed by atoms with Crippen molar-refractivity contribution < 1.29 is 23.9 Å². The summed E-state index contributed by atoms with van der Waals surface area (Å²) in [6.07, 6.45) is 0.520. The molecule has 1 rings (SSSR count). The van der Waals surface area contributed by atoms with Crippen LogP contribution in [0, 0.1) is 11.8 Å². The molecule has 5 nitrogen and oxygen atoms in total. The Hall–Kier alpha value is -1.91. The second kappa shape index (κ2) is 8.09. The zero-order valence-electron chi connectivity index (χ0n) is 14.6. The van der Waals surface area contributed by atoms with E-state index in [1.54, 1.807) is 0 Å². The van der Waals surface area contributed by atoms with Gasteiger partial charge in [-0.15, -0.1) is 0 Å². The number of carbonyl (C=O) groups excluding carboxylic acids is 3. The molecule has 2 unspecified atom stereocenters. The average molecular weight is 322 g/mol. The summed E-state index contributed by atoms with van der Waals surface area (Å²) < 4.78 is 10.5. The first kappa shape index (κ1) is 19.1. The van der Waals surface area contributed by atoms with Crippen LogP contribution >= 0.6 is 0 Å². The molecule has 1 aliphatic heterocycles. The molecule has 0 spiro atoms. The van der Waals surface area contributed by atoms with Gasteiger partial charge in [0.05, 0.1) is 5.57 Å². The normalized spacial score (nSPS) is 19.4. The fourth-order valence-electron chi connectivity index (χ4n) is 2.81. The highest BCUT2D eigenvalue weighted by atomic mass is 16.7. The van der Waals surface area contributed by atoms with Crippen molar-refractivity contribution in [3.05, 3.63) is 23.7 Å². The number of carbonyl (C=O) groups is 3. The number of ether oxygens (including phenoxy) is 2. The summed E-state index contributed by atoms with van der Waals surface area (Å²) >= 11 is 0. The predicted octanol–water partition coefficient (Wildman–Crippen LogP) is 3.34. The highest BCUT2D eigenvalue weighted by molar-refractivity contribution is 6.01. The van der Waals surface area contributed by atoms with Gasteiger partial charge < -0.3 is 9.47 Å². The lowest BCUT2D eigenvalue weighted by molar-refractivity contribution is -0.151. The zero-order chi connectivity index (χ0) is 17.7. The van der Waals surface area contributed by atoms with Crippen LogP contribution in [0.1, 0.15) is 53.9 Å². The van der Waals surface area contributed by atoms with E-state index in [1.165, 1.54) is 13.8 Å². The van der Waals surface area contributed by atoms with E-state index in [0.717, 1.165) is 12.0 Å². The predicted molar refractivity (Wildman–Crippen MR) is 86.3 cm³/mol. The van der Waals surface area contributed by atoms with Gasteiger partial charge >= 0.3 is 5.97 Å². The number of allylic oxidation sites excluding steroid dienone is 2. The Morgan fingerprint density at radius 2 is 1.91 bits per heavy atom. The van der Waals surface area contributed by atoms with E-state index in [1.807, 2.05) is 6.92 Å². The lowest BCUT2D eigenvalue weighted by atomic mass is 9.84. The van der Waals surface area contributed by atoms with Crippen molar-refractivity contribution in [2.75, 3.05) is 0 Å². The Morgan fingerprint density at radius 3 is 2.35 bits per heavy atom. The van der Waals surface area contributed by atoms with Crippen LogP contribution < -0.4 is 0 Å². The van der Waals surface area contributed by atoms with Crippen LogP contribution in [0.4, 0.5) is 0 Å². The minimum absolute atomic E-state index is 0.0535. The van der Waals surface area contributed by atoms with E-state index < -0.39 is 12.1 Å². The summed E-state index contributed by atoms with van der Waals surface area (Å²) in [5.74, 6) is -0.463. The van der Waals surface area contributed by atoms with Gasteiger partial charge in [0, 0.05) is 13.3 Å². The van der Waals surface area contributed by atoms with Gasteiger partial charge in [0.25, 0.3) is 5.95 Å². The van der Waals surface area contributed by atoms with Gasteiger partial charge in [0.15, 0.2) is 17.7 Å². The average Bonchev–Trinajstić information content (AvgIpc) is 2.40. The number of Topliss-reactive ketones (excluding diaryl/α,β-unsaturated/α-hetero) is 2. The lowest BCUT2D eigenvalue weighted by Gasteiger charge is -2.28. The number of hydrogen-bond donors (Lipinski definition) is 0. The van der Waals surface area contributed by atoms with Crippen molar-refractivity contribution >= 4 is 17.5 Å². The van der Waals surface area contributed by atoms with Crippen LogP contribution in [0.5, 0.6) is 0 Å². The van der Waals surface area contributed by atoms with Crippen LogP contribution in [-0.4, -0.2) is 23.6 Å². The SMILES string of the molecule is C=C(C)C(CCC1OC(OC(C)=O)=C(C(C)=O)CC1=O)C(C)C. The second-order valence-electron chi connectivity index (χ2n) is 6.44. The molecule has 0 saturated heterocycles. The molecule has 0 N–H and O–H groups in total. The molecular formula is C18H26O5. The summed E-state index contributed by atoms with van der Waals surface area (Å²) in [7, 11) is 0. The molecule has 1 aliphatic rings. The maximum absolute atomic E-state index is 12.2. The Balaban J connectivity index is 2.86. The molecule has 0 fully saturated rings. The number of esters is 1. The Bertz CT molecular complexity index is 542. The first-order valence-electron chi connectivity index (χ1n) is 7.90. The van der Waals surface area contributed by atoms with E-state index in [4.69, 9.17) is 9.47 Å². The van der Waals surface area contributed by atoms with E-state index in [2.05, 4.69) is 20.4 Å². The van der Waals surface area contributed by atoms with Crippen molar-refractivity contribution in [1.82, 2.24) is 0 Å². The van der Waals surface area contributed by atoms with Crippen molar-refractivity contribution in [2.45, 2.75) is 60.0 Å². The maximum Gasteiger partial charge on any atom is 0.310 e. The maximum atomic E-state index is 12.2. The van der Waals surface area contributed by atoms with Gasteiger partial charge in [-0.2, -0.15) is 0 Å². The Kier molecular flexibility index (Phi) is 6.73. The Labute approximate surface area is 137 Å². The van der Waals surface area contributed by atoms with Gasteiger partial charge in [-0.3, -0.25) is 14.4 Å². The summed E-state index contributed by atoms with van der Waals surface area (Å²) in [4.78, 5) is 35.0. The molecule has 2 atom stereocenters. The van der Waals surface area contributed by atoms with Gasteiger partial charge in [-0.25, -0.2) is 0 Å². The molecule has 23 heavy (non-hydrogen) atoms. The van der Waals surface area contributed by atoms with Crippen LogP contribution in [0.25, 0.3) is 0 Å². The monoisotopic (exact) mass is 322 g/mol. The Morgan fingerprint density at radius 1 is 1.30 bits per heavy atom. The van der Waals surface area contributed by atoms with E-state index in [9.17, 15) is 14.4 Å². The molecule has 0 saturated carbocycles. The lowest BCUT2D eigenvalue weighted by Crippen LogP contribution is -2.33. The second-order valence-corrected chi connectivity index (χ2v) is 6.44. The van der Waals surface area contributed by atoms with Gasteiger partial charge in [-0.05, 0) is 38.5 Å².